The largest absolute Gasteiger partial charge is 0.496 e. The van der Waals surface area contributed by atoms with E-state index in [1.54, 1.807) is 7.11 Å². The van der Waals surface area contributed by atoms with E-state index in [0.29, 0.717) is 18.4 Å². The number of hydrogen-bond donors (Lipinski definition) is 0. The third-order valence-electron chi connectivity index (χ3n) is 2.56. The molecule has 16 heavy (non-hydrogen) atoms. The van der Waals surface area contributed by atoms with Gasteiger partial charge in [-0.05, 0) is 17.5 Å². The molecule has 0 aliphatic carbocycles. The molecule has 1 aliphatic rings. The van der Waals surface area contributed by atoms with Gasteiger partial charge in [-0.15, -0.1) is 5.11 Å². The topological polar surface area (TPSA) is 46.3 Å². The maximum Gasteiger partial charge on any atom is 0.178 e. The summed E-state index contributed by atoms with van der Waals surface area (Å²) in [4.78, 5) is 4.18. The predicted molar refractivity (Wildman–Crippen MR) is 63.3 cm³/mol. The van der Waals surface area contributed by atoms with Gasteiger partial charge in [0.05, 0.1) is 7.11 Å². The van der Waals surface area contributed by atoms with Crippen LogP contribution in [0.4, 0.5) is 0 Å². The van der Waals surface area contributed by atoms with Crippen molar-refractivity contribution in [3.05, 3.63) is 29.3 Å². The molecule has 84 valence electrons. The van der Waals surface area contributed by atoms with Crippen LogP contribution in [0.5, 0.6) is 5.75 Å². The number of azo groups is 1. The van der Waals surface area contributed by atoms with Crippen molar-refractivity contribution in [2.45, 2.75) is 19.8 Å². The van der Waals surface area contributed by atoms with Gasteiger partial charge in [-0.1, -0.05) is 26.0 Å². The van der Waals surface area contributed by atoms with Crippen molar-refractivity contribution >= 4 is 5.84 Å². The lowest BCUT2D eigenvalue weighted by molar-refractivity contribution is 0.407. The highest BCUT2D eigenvalue weighted by Gasteiger charge is 2.12. The van der Waals surface area contributed by atoms with E-state index in [1.807, 2.05) is 12.1 Å². The lowest BCUT2D eigenvalue weighted by Crippen LogP contribution is -1.99. The molecule has 0 atom stereocenters. The van der Waals surface area contributed by atoms with Gasteiger partial charge in [0.1, 0.15) is 5.75 Å². The Hall–Kier alpha value is -1.71. The maximum absolute atomic E-state index is 5.38. The lowest BCUT2D eigenvalue weighted by Gasteiger charge is -2.12. The van der Waals surface area contributed by atoms with Crippen molar-refractivity contribution in [2.24, 2.45) is 15.2 Å². The Bertz CT molecular complexity index is 450. The highest BCUT2D eigenvalue weighted by molar-refractivity contribution is 6.00. The summed E-state index contributed by atoms with van der Waals surface area (Å²) in [7, 11) is 1.68. The Balaban J connectivity index is 2.40. The van der Waals surface area contributed by atoms with E-state index in [9.17, 15) is 0 Å². The average molecular weight is 217 g/mol. The Labute approximate surface area is 95.1 Å². The Morgan fingerprint density at radius 1 is 1.31 bits per heavy atom. The smallest absolute Gasteiger partial charge is 0.178 e. The van der Waals surface area contributed by atoms with Crippen LogP contribution in [0.1, 0.15) is 30.9 Å². The summed E-state index contributed by atoms with van der Waals surface area (Å²) in [5, 5.41) is 7.81. The van der Waals surface area contributed by atoms with Gasteiger partial charge in [0, 0.05) is 5.56 Å². The first-order valence-electron chi connectivity index (χ1n) is 5.32. The summed E-state index contributed by atoms with van der Waals surface area (Å²) in [5.41, 5.74) is 2.16. The second-order valence-corrected chi connectivity index (χ2v) is 3.98. The van der Waals surface area contributed by atoms with Crippen LogP contribution in [0.2, 0.25) is 0 Å². The van der Waals surface area contributed by atoms with E-state index < -0.39 is 0 Å². The fraction of sp³-hybridized carbons (Fsp3) is 0.417. The van der Waals surface area contributed by atoms with Crippen LogP contribution in [-0.2, 0) is 0 Å². The number of methoxy groups -OCH3 is 1. The van der Waals surface area contributed by atoms with E-state index in [-0.39, 0.29) is 0 Å². The monoisotopic (exact) mass is 217 g/mol. The maximum atomic E-state index is 5.38. The molecule has 0 saturated heterocycles. The zero-order chi connectivity index (χ0) is 11.5. The molecule has 0 saturated carbocycles. The Morgan fingerprint density at radius 2 is 2.12 bits per heavy atom. The number of hydrogen-bond acceptors (Lipinski definition) is 4. The number of benzene rings is 1. The van der Waals surface area contributed by atoms with Gasteiger partial charge in [-0.25, -0.2) is 4.99 Å². The minimum Gasteiger partial charge on any atom is -0.496 e. The highest BCUT2D eigenvalue weighted by atomic mass is 16.5. The normalized spacial score (nSPS) is 14.4. The first-order valence-corrected chi connectivity index (χ1v) is 5.32. The van der Waals surface area contributed by atoms with Crippen LogP contribution < -0.4 is 4.74 Å². The van der Waals surface area contributed by atoms with Crippen LogP contribution in [0, 0.1) is 0 Å². The Morgan fingerprint density at radius 3 is 2.69 bits per heavy atom. The van der Waals surface area contributed by atoms with Gasteiger partial charge in [0.15, 0.2) is 12.5 Å². The van der Waals surface area contributed by atoms with Crippen molar-refractivity contribution < 1.29 is 4.74 Å². The van der Waals surface area contributed by atoms with Crippen LogP contribution in [0.15, 0.2) is 33.4 Å². The summed E-state index contributed by atoms with van der Waals surface area (Å²) >= 11 is 0. The molecule has 0 amide bonds. The number of aliphatic imine (C=N–C) groups is 1. The number of amidine groups is 1. The van der Waals surface area contributed by atoms with E-state index in [4.69, 9.17) is 4.74 Å². The summed E-state index contributed by atoms with van der Waals surface area (Å²) in [6.45, 7) is 4.72. The van der Waals surface area contributed by atoms with Crippen molar-refractivity contribution in [3.8, 4) is 5.75 Å². The number of ether oxygens (including phenoxy) is 1. The summed E-state index contributed by atoms with van der Waals surface area (Å²) in [6, 6.07) is 6.05. The molecule has 0 bridgehead atoms. The molecule has 0 aromatic heterocycles. The van der Waals surface area contributed by atoms with Gasteiger partial charge >= 0.3 is 0 Å². The minimum atomic E-state index is 0.434. The number of nitrogens with zero attached hydrogens (tertiary/aromatic N) is 3. The van der Waals surface area contributed by atoms with Gasteiger partial charge in [0.25, 0.3) is 0 Å². The predicted octanol–water partition coefficient (Wildman–Crippen LogP) is 2.99. The van der Waals surface area contributed by atoms with Crippen molar-refractivity contribution in [1.29, 1.82) is 0 Å². The summed E-state index contributed by atoms with van der Waals surface area (Å²) in [6.07, 6.45) is 0. The fourth-order valence-corrected chi connectivity index (χ4v) is 1.71. The number of rotatable bonds is 3. The van der Waals surface area contributed by atoms with Crippen molar-refractivity contribution in [3.63, 3.8) is 0 Å². The van der Waals surface area contributed by atoms with Gasteiger partial charge in [-0.3, -0.25) is 0 Å². The SMILES string of the molecule is COc1cc(C2=NCN=N2)ccc1C(C)C. The van der Waals surface area contributed by atoms with E-state index in [0.717, 1.165) is 11.3 Å². The molecular formula is C12H15N3O. The molecule has 4 nitrogen and oxygen atoms in total. The van der Waals surface area contributed by atoms with Gasteiger partial charge in [0.2, 0.25) is 0 Å². The fourth-order valence-electron chi connectivity index (χ4n) is 1.71. The molecular weight excluding hydrogens is 202 g/mol. The first kappa shape index (κ1) is 10.8. The average Bonchev–Trinajstić information content (AvgIpc) is 2.81. The van der Waals surface area contributed by atoms with Gasteiger partial charge in [-0.2, -0.15) is 5.11 Å². The first-order chi connectivity index (χ1) is 7.72. The molecule has 0 unspecified atom stereocenters. The molecule has 0 spiro atoms. The van der Waals surface area contributed by atoms with Crippen molar-refractivity contribution in [2.75, 3.05) is 13.8 Å². The second kappa shape index (κ2) is 4.43. The zero-order valence-corrected chi connectivity index (χ0v) is 9.77. The quantitative estimate of drug-likeness (QED) is 0.767. The third-order valence-corrected chi connectivity index (χ3v) is 2.56. The molecule has 2 rings (SSSR count). The molecule has 0 radical (unpaired) electrons. The van der Waals surface area contributed by atoms with Crippen LogP contribution in [0.25, 0.3) is 0 Å². The molecule has 0 N–H and O–H groups in total. The van der Waals surface area contributed by atoms with E-state index in [2.05, 4.69) is 35.1 Å². The van der Waals surface area contributed by atoms with Crippen LogP contribution in [-0.4, -0.2) is 19.6 Å². The molecule has 0 fully saturated rings. The molecule has 1 heterocycles. The molecule has 1 aromatic carbocycles. The van der Waals surface area contributed by atoms with Crippen LogP contribution >= 0.6 is 0 Å². The van der Waals surface area contributed by atoms with Crippen molar-refractivity contribution in [1.82, 2.24) is 0 Å². The second-order valence-electron chi connectivity index (χ2n) is 3.98. The van der Waals surface area contributed by atoms with Gasteiger partial charge < -0.3 is 4.74 Å². The zero-order valence-electron chi connectivity index (χ0n) is 9.77. The third kappa shape index (κ3) is 1.96. The lowest BCUT2D eigenvalue weighted by atomic mass is 10.00. The molecule has 4 heteroatoms. The van der Waals surface area contributed by atoms with E-state index in [1.165, 1.54) is 5.56 Å². The highest BCUT2D eigenvalue weighted by Crippen LogP contribution is 2.28. The Kier molecular flexibility index (Phi) is 2.99. The van der Waals surface area contributed by atoms with Crippen LogP contribution in [0.3, 0.4) is 0 Å². The summed E-state index contributed by atoms with van der Waals surface area (Å²) < 4.78 is 5.38. The summed E-state index contributed by atoms with van der Waals surface area (Å²) in [5.74, 6) is 2.02. The minimum absolute atomic E-state index is 0.434. The molecule has 1 aliphatic heterocycles. The standard InChI is InChI=1S/C12H15N3O/c1-8(2)10-5-4-9(6-11(10)16-3)12-13-7-14-15-12/h4-6,8H,7H2,1-3H3. The van der Waals surface area contributed by atoms with E-state index >= 15 is 0 Å². The molecule has 1 aromatic rings.